The highest BCUT2D eigenvalue weighted by atomic mass is 16.5. The number of nitrogens with zero attached hydrogens (tertiary/aromatic N) is 1. The highest BCUT2D eigenvalue weighted by Crippen LogP contribution is 2.13. The van der Waals surface area contributed by atoms with Crippen molar-refractivity contribution in [3.63, 3.8) is 0 Å². The summed E-state index contributed by atoms with van der Waals surface area (Å²) >= 11 is 0. The van der Waals surface area contributed by atoms with Crippen LogP contribution in [0.3, 0.4) is 0 Å². The van der Waals surface area contributed by atoms with Gasteiger partial charge >= 0.3 is 0 Å². The van der Waals surface area contributed by atoms with Crippen LogP contribution >= 0.6 is 0 Å². The molecular formula is C18H32N2O. The number of unbranched alkanes of at least 4 members (excludes halogenated alkanes) is 1. The summed E-state index contributed by atoms with van der Waals surface area (Å²) in [4.78, 5) is 2.45. The van der Waals surface area contributed by atoms with Gasteiger partial charge in [-0.15, -0.1) is 0 Å². The molecule has 0 amide bonds. The lowest BCUT2D eigenvalue weighted by molar-refractivity contribution is 0.213. The van der Waals surface area contributed by atoms with Gasteiger partial charge in [-0.25, -0.2) is 0 Å². The van der Waals surface area contributed by atoms with Crippen LogP contribution in [0.25, 0.3) is 0 Å². The maximum absolute atomic E-state index is 5.90. The zero-order valence-corrected chi connectivity index (χ0v) is 14.0. The highest BCUT2D eigenvalue weighted by molar-refractivity contribution is 5.28. The van der Waals surface area contributed by atoms with Crippen LogP contribution < -0.4 is 10.1 Å². The molecule has 3 nitrogen and oxygen atoms in total. The van der Waals surface area contributed by atoms with Crippen LogP contribution in [0.5, 0.6) is 5.75 Å². The Labute approximate surface area is 130 Å². The molecule has 0 aliphatic rings. The summed E-state index contributed by atoms with van der Waals surface area (Å²) in [6.07, 6.45) is 3.69. The number of ether oxygens (including phenoxy) is 1. The molecule has 120 valence electrons. The summed E-state index contributed by atoms with van der Waals surface area (Å²) in [7, 11) is 0. The zero-order chi connectivity index (χ0) is 15.3. The number of rotatable bonds is 12. The molecule has 1 rings (SSSR count). The van der Waals surface area contributed by atoms with Crippen LogP contribution in [0.15, 0.2) is 24.3 Å². The zero-order valence-electron chi connectivity index (χ0n) is 14.0. The van der Waals surface area contributed by atoms with Crippen molar-refractivity contribution >= 4 is 0 Å². The van der Waals surface area contributed by atoms with Crippen molar-refractivity contribution in [3.8, 4) is 5.75 Å². The Morgan fingerprint density at radius 3 is 2.67 bits per heavy atom. The predicted molar refractivity (Wildman–Crippen MR) is 91.0 cm³/mol. The number of likely N-dealkylation sites (N-methyl/N-ethyl adjacent to an activating group) is 1. The molecule has 0 atom stereocenters. The first kappa shape index (κ1) is 18.0. The second-order valence-corrected chi connectivity index (χ2v) is 5.46. The van der Waals surface area contributed by atoms with Crippen molar-refractivity contribution in [2.75, 3.05) is 32.8 Å². The topological polar surface area (TPSA) is 24.5 Å². The Bertz CT molecular complexity index is 368. The van der Waals surface area contributed by atoms with E-state index >= 15 is 0 Å². The van der Waals surface area contributed by atoms with Crippen molar-refractivity contribution in [2.45, 2.75) is 46.6 Å². The van der Waals surface area contributed by atoms with Crippen LogP contribution in [-0.2, 0) is 6.54 Å². The molecule has 1 aromatic rings. The fourth-order valence-corrected chi connectivity index (χ4v) is 2.26. The van der Waals surface area contributed by atoms with Gasteiger partial charge in [0, 0.05) is 13.1 Å². The van der Waals surface area contributed by atoms with E-state index in [9.17, 15) is 0 Å². The number of hydrogen-bond acceptors (Lipinski definition) is 3. The summed E-state index contributed by atoms with van der Waals surface area (Å²) in [5.74, 6) is 0.984. The number of nitrogens with one attached hydrogen (secondary N) is 1. The quantitative estimate of drug-likeness (QED) is 0.595. The first-order chi connectivity index (χ1) is 10.3. The Morgan fingerprint density at radius 1 is 1.10 bits per heavy atom. The van der Waals surface area contributed by atoms with Gasteiger partial charge in [-0.1, -0.05) is 39.3 Å². The average Bonchev–Trinajstić information content (AvgIpc) is 2.51. The molecule has 0 aromatic heterocycles. The van der Waals surface area contributed by atoms with Crippen molar-refractivity contribution < 1.29 is 4.74 Å². The van der Waals surface area contributed by atoms with E-state index in [0.717, 1.165) is 38.5 Å². The van der Waals surface area contributed by atoms with Crippen LogP contribution in [0, 0.1) is 0 Å². The first-order valence-electron chi connectivity index (χ1n) is 8.44. The maximum atomic E-state index is 5.90. The van der Waals surface area contributed by atoms with Gasteiger partial charge in [-0.05, 0) is 50.2 Å². The van der Waals surface area contributed by atoms with E-state index in [1.54, 1.807) is 0 Å². The van der Waals surface area contributed by atoms with Gasteiger partial charge in [0.15, 0.2) is 0 Å². The van der Waals surface area contributed by atoms with Crippen LogP contribution in [0.4, 0.5) is 0 Å². The molecule has 1 aromatic carbocycles. The van der Waals surface area contributed by atoms with Gasteiger partial charge in [-0.3, -0.25) is 0 Å². The second kappa shape index (κ2) is 11.6. The van der Waals surface area contributed by atoms with Gasteiger partial charge in [0.25, 0.3) is 0 Å². The standard InChI is InChI=1S/C18H32N2O/c1-4-7-12-20(6-3)13-14-21-18-10-8-9-17(15-18)16-19-11-5-2/h8-10,15,19H,4-7,11-14,16H2,1-3H3. The van der Waals surface area contributed by atoms with Crippen LogP contribution in [0.2, 0.25) is 0 Å². The average molecular weight is 292 g/mol. The third-order valence-electron chi connectivity index (χ3n) is 3.61. The molecule has 0 bridgehead atoms. The molecular weight excluding hydrogens is 260 g/mol. The molecule has 1 N–H and O–H groups in total. The first-order valence-corrected chi connectivity index (χ1v) is 8.44. The monoisotopic (exact) mass is 292 g/mol. The van der Waals surface area contributed by atoms with Crippen LogP contribution in [-0.4, -0.2) is 37.7 Å². The minimum Gasteiger partial charge on any atom is -0.492 e. The minimum atomic E-state index is 0.767. The number of hydrogen-bond donors (Lipinski definition) is 1. The fraction of sp³-hybridized carbons (Fsp3) is 0.667. The molecule has 0 aliphatic carbocycles. The molecule has 0 aliphatic heterocycles. The lowest BCUT2D eigenvalue weighted by Gasteiger charge is -2.20. The molecule has 0 saturated carbocycles. The summed E-state index contributed by atoms with van der Waals surface area (Å²) in [5.41, 5.74) is 1.29. The SMILES string of the molecule is CCCCN(CC)CCOc1cccc(CNCCC)c1. The molecule has 0 saturated heterocycles. The van der Waals surface area contributed by atoms with Crippen molar-refractivity contribution in [1.29, 1.82) is 0 Å². The van der Waals surface area contributed by atoms with E-state index in [0.29, 0.717) is 0 Å². The van der Waals surface area contributed by atoms with E-state index < -0.39 is 0 Å². The Morgan fingerprint density at radius 2 is 1.95 bits per heavy atom. The lowest BCUT2D eigenvalue weighted by atomic mass is 10.2. The van der Waals surface area contributed by atoms with Crippen molar-refractivity contribution in [3.05, 3.63) is 29.8 Å². The van der Waals surface area contributed by atoms with E-state index in [2.05, 4.69) is 49.2 Å². The van der Waals surface area contributed by atoms with Gasteiger partial charge in [0.05, 0.1) is 0 Å². The predicted octanol–water partition coefficient (Wildman–Crippen LogP) is 3.69. The maximum Gasteiger partial charge on any atom is 0.119 e. The summed E-state index contributed by atoms with van der Waals surface area (Å²) in [6.45, 7) is 12.7. The van der Waals surface area contributed by atoms with E-state index in [1.165, 1.54) is 31.4 Å². The molecule has 0 unspecified atom stereocenters. The normalized spacial score (nSPS) is 11.0. The third-order valence-corrected chi connectivity index (χ3v) is 3.61. The molecule has 3 heteroatoms. The third kappa shape index (κ3) is 8.08. The summed E-state index contributed by atoms with van der Waals surface area (Å²) < 4.78 is 5.90. The minimum absolute atomic E-state index is 0.767. The second-order valence-electron chi connectivity index (χ2n) is 5.46. The van der Waals surface area contributed by atoms with Gasteiger partial charge in [-0.2, -0.15) is 0 Å². The molecule has 0 heterocycles. The Balaban J connectivity index is 2.32. The highest BCUT2D eigenvalue weighted by Gasteiger charge is 2.02. The molecule has 21 heavy (non-hydrogen) atoms. The summed E-state index contributed by atoms with van der Waals surface area (Å²) in [6, 6.07) is 8.42. The lowest BCUT2D eigenvalue weighted by Crippen LogP contribution is -2.29. The number of benzene rings is 1. The van der Waals surface area contributed by atoms with E-state index in [4.69, 9.17) is 4.74 Å². The fourth-order valence-electron chi connectivity index (χ4n) is 2.26. The van der Waals surface area contributed by atoms with Gasteiger partial charge in [0.1, 0.15) is 12.4 Å². The van der Waals surface area contributed by atoms with Crippen LogP contribution in [0.1, 0.15) is 45.6 Å². The molecule has 0 spiro atoms. The van der Waals surface area contributed by atoms with Gasteiger partial charge in [0.2, 0.25) is 0 Å². The molecule has 0 radical (unpaired) electrons. The van der Waals surface area contributed by atoms with E-state index in [1.807, 2.05) is 6.07 Å². The van der Waals surface area contributed by atoms with Crippen molar-refractivity contribution in [1.82, 2.24) is 10.2 Å². The largest absolute Gasteiger partial charge is 0.492 e. The Hall–Kier alpha value is -1.06. The van der Waals surface area contributed by atoms with Crippen molar-refractivity contribution in [2.24, 2.45) is 0 Å². The smallest absolute Gasteiger partial charge is 0.119 e. The summed E-state index contributed by atoms with van der Waals surface area (Å²) in [5, 5.41) is 3.42. The molecule has 0 fully saturated rings. The van der Waals surface area contributed by atoms with E-state index in [-0.39, 0.29) is 0 Å². The van der Waals surface area contributed by atoms with Gasteiger partial charge < -0.3 is 15.0 Å². The Kier molecular flexibility index (Phi) is 9.92.